The highest BCUT2D eigenvalue weighted by Crippen LogP contribution is 2.16. The fraction of sp³-hybridized carbons (Fsp3) is 0.571. The summed E-state index contributed by atoms with van der Waals surface area (Å²) in [5, 5.41) is 22.1. The zero-order valence-electron chi connectivity index (χ0n) is 11.9. The van der Waals surface area contributed by atoms with E-state index in [9.17, 15) is 10.2 Å². The average molecular weight is 285 g/mol. The summed E-state index contributed by atoms with van der Waals surface area (Å²) in [6.07, 6.45) is -1.22. The second kappa shape index (κ2) is 9.55. The van der Waals surface area contributed by atoms with Crippen LogP contribution in [0.25, 0.3) is 0 Å². The van der Waals surface area contributed by atoms with E-state index in [-0.39, 0.29) is 13.2 Å². The molecular formula is C14H23NO5. The molecule has 0 aliphatic heterocycles. The maximum Gasteiger partial charge on any atom is 0.119 e. The molecule has 2 atom stereocenters. The van der Waals surface area contributed by atoms with E-state index in [0.717, 1.165) is 5.75 Å². The van der Waals surface area contributed by atoms with Crippen molar-refractivity contribution in [1.29, 1.82) is 0 Å². The van der Waals surface area contributed by atoms with Gasteiger partial charge < -0.3 is 29.7 Å². The highest BCUT2D eigenvalue weighted by Gasteiger charge is 2.07. The van der Waals surface area contributed by atoms with E-state index in [4.69, 9.17) is 14.2 Å². The first-order chi connectivity index (χ1) is 9.65. The molecule has 3 N–H and O–H groups in total. The van der Waals surface area contributed by atoms with E-state index in [0.29, 0.717) is 18.8 Å². The van der Waals surface area contributed by atoms with E-state index >= 15 is 0 Å². The fourth-order valence-corrected chi connectivity index (χ4v) is 1.59. The van der Waals surface area contributed by atoms with Crippen molar-refractivity contribution >= 4 is 0 Å². The number of benzene rings is 1. The summed E-state index contributed by atoms with van der Waals surface area (Å²) < 4.78 is 15.3. The first-order valence-corrected chi connectivity index (χ1v) is 6.48. The van der Waals surface area contributed by atoms with E-state index in [2.05, 4.69) is 5.32 Å². The first kappa shape index (κ1) is 16.7. The van der Waals surface area contributed by atoms with Crippen LogP contribution >= 0.6 is 0 Å². The van der Waals surface area contributed by atoms with Crippen molar-refractivity contribution < 1.29 is 24.4 Å². The molecule has 1 aromatic carbocycles. The van der Waals surface area contributed by atoms with Crippen LogP contribution in [0.3, 0.4) is 0 Å². The molecule has 6 heteroatoms. The lowest BCUT2D eigenvalue weighted by atomic mass is 10.3. The third-order valence-corrected chi connectivity index (χ3v) is 2.62. The smallest absolute Gasteiger partial charge is 0.119 e. The SMILES string of the molecule is COCC(O)CNCC(O)COc1ccc(OC)cc1. The lowest BCUT2D eigenvalue weighted by Crippen LogP contribution is -2.37. The van der Waals surface area contributed by atoms with Crippen LogP contribution in [0.2, 0.25) is 0 Å². The van der Waals surface area contributed by atoms with Crippen LogP contribution in [0.5, 0.6) is 11.5 Å². The molecule has 114 valence electrons. The van der Waals surface area contributed by atoms with Crippen molar-refractivity contribution in [3.05, 3.63) is 24.3 Å². The second-order valence-electron chi connectivity index (χ2n) is 4.41. The van der Waals surface area contributed by atoms with Crippen LogP contribution in [0.15, 0.2) is 24.3 Å². The predicted octanol–water partition coefficient (Wildman–Crippen LogP) is 0.0318. The maximum absolute atomic E-state index is 9.73. The molecule has 6 nitrogen and oxygen atoms in total. The van der Waals surface area contributed by atoms with Gasteiger partial charge in [-0.25, -0.2) is 0 Å². The van der Waals surface area contributed by atoms with Crippen molar-refractivity contribution in [2.45, 2.75) is 12.2 Å². The Bertz CT molecular complexity index is 357. The van der Waals surface area contributed by atoms with Gasteiger partial charge in [0, 0.05) is 20.2 Å². The Labute approximate surface area is 119 Å². The van der Waals surface area contributed by atoms with Crippen LogP contribution in [0.4, 0.5) is 0 Å². The Morgan fingerprint density at radius 1 is 0.950 bits per heavy atom. The van der Waals surface area contributed by atoms with Gasteiger partial charge >= 0.3 is 0 Å². The summed E-state index contributed by atoms with van der Waals surface area (Å²) in [5.41, 5.74) is 0. The molecule has 20 heavy (non-hydrogen) atoms. The highest BCUT2D eigenvalue weighted by molar-refractivity contribution is 5.31. The number of hydrogen-bond donors (Lipinski definition) is 3. The quantitative estimate of drug-likeness (QED) is 0.563. The van der Waals surface area contributed by atoms with E-state index in [1.54, 1.807) is 31.4 Å². The van der Waals surface area contributed by atoms with Crippen molar-refractivity contribution in [1.82, 2.24) is 5.32 Å². The molecule has 0 aliphatic carbocycles. The molecule has 0 saturated carbocycles. The van der Waals surface area contributed by atoms with Crippen LogP contribution in [-0.2, 0) is 4.74 Å². The molecule has 0 fully saturated rings. The van der Waals surface area contributed by atoms with Crippen molar-refractivity contribution in [2.24, 2.45) is 0 Å². The molecule has 0 amide bonds. The van der Waals surface area contributed by atoms with Gasteiger partial charge in [-0.3, -0.25) is 0 Å². The lowest BCUT2D eigenvalue weighted by Gasteiger charge is -2.15. The molecule has 1 rings (SSSR count). The number of methoxy groups -OCH3 is 2. The summed E-state index contributed by atoms with van der Waals surface area (Å²) in [5.74, 6) is 1.43. The minimum Gasteiger partial charge on any atom is -0.497 e. The highest BCUT2D eigenvalue weighted by atomic mass is 16.5. The fourth-order valence-electron chi connectivity index (χ4n) is 1.59. The minimum atomic E-state index is -0.646. The zero-order chi connectivity index (χ0) is 14.8. The Balaban J connectivity index is 2.17. The predicted molar refractivity (Wildman–Crippen MR) is 75.2 cm³/mol. The largest absolute Gasteiger partial charge is 0.497 e. The molecule has 0 saturated heterocycles. The Morgan fingerprint density at radius 2 is 1.50 bits per heavy atom. The van der Waals surface area contributed by atoms with Gasteiger partial charge in [-0.2, -0.15) is 0 Å². The Hall–Kier alpha value is -1.34. The number of nitrogens with one attached hydrogen (secondary N) is 1. The minimum absolute atomic E-state index is 0.180. The van der Waals surface area contributed by atoms with Crippen LogP contribution < -0.4 is 14.8 Å². The molecule has 2 unspecified atom stereocenters. The number of ether oxygens (including phenoxy) is 3. The molecule has 0 aliphatic rings. The normalized spacial score (nSPS) is 13.8. The third-order valence-electron chi connectivity index (χ3n) is 2.62. The summed E-state index contributed by atoms with van der Waals surface area (Å²) in [6, 6.07) is 7.14. The molecule has 0 heterocycles. The van der Waals surface area contributed by atoms with Gasteiger partial charge in [-0.1, -0.05) is 0 Å². The lowest BCUT2D eigenvalue weighted by molar-refractivity contribution is 0.0582. The van der Waals surface area contributed by atoms with Gasteiger partial charge in [-0.05, 0) is 24.3 Å². The zero-order valence-corrected chi connectivity index (χ0v) is 11.9. The van der Waals surface area contributed by atoms with Gasteiger partial charge in [0.25, 0.3) is 0 Å². The summed E-state index contributed by atoms with van der Waals surface area (Å²) >= 11 is 0. The van der Waals surface area contributed by atoms with E-state index in [1.165, 1.54) is 7.11 Å². The molecule has 0 bridgehead atoms. The second-order valence-corrected chi connectivity index (χ2v) is 4.41. The van der Waals surface area contributed by atoms with Gasteiger partial charge in [0.1, 0.15) is 24.2 Å². The van der Waals surface area contributed by atoms with Gasteiger partial charge in [0.15, 0.2) is 0 Å². The summed E-state index contributed by atoms with van der Waals surface area (Å²) in [6.45, 7) is 1.16. The number of rotatable bonds is 10. The number of aliphatic hydroxyl groups is 2. The standard InChI is InChI=1S/C14H23NO5/c1-18-9-11(16)7-15-8-12(17)10-20-14-5-3-13(19-2)4-6-14/h3-6,11-12,15-17H,7-10H2,1-2H3. The van der Waals surface area contributed by atoms with E-state index in [1.807, 2.05) is 0 Å². The van der Waals surface area contributed by atoms with Crippen LogP contribution in [-0.4, -0.2) is 62.9 Å². The number of hydrogen-bond acceptors (Lipinski definition) is 6. The molecule has 0 aromatic heterocycles. The summed E-state index contributed by atoms with van der Waals surface area (Å²) in [4.78, 5) is 0. The van der Waals surface area contributed by atoms with Crippen LogP contribution in [0.1, 0.15) is 0 Å². The van der Waals surface area contributed by atoms with Crippen LogP contribution in [0, 0.1) is 0 Å². The molecule has 1 aromatic rings. The first-order valence-electron chi connectivity index (χ1n) is 6.48. The van der Waals surface area contributed by atoms with Crippen molar-refractivity contribution in [2.75, 3.05) is 40.5 Å². The van der Waals surface area contributed by atoms with Gasteiger partial charge in [-0.15, -0.1) is 0 Å². The Morgan fingerprint density at radius 3 is 2.05 bits per heavy atom. The van der Waals surface area contributed by atoms with Gasteiger partial charge in [0.05, 0.1) is 19.8 Å². The monoisotopic (exact) mass is 285 g/mol. The molecule has 0 spiro atoms. The maximum atomic E-state index is 9.73. The molecule has 0 radical (unpaired) electrons. The van der Waals surface area contributed by atoms with Crippen molar-refractivity contribution in [3.63, 3.8) is 0 Å². The average Bonchev–Trinajstić information content (AvgIpc) is 2.46. The third kappa shape index (κ3) is 6.72. The topological polar surface area (TPSA) is 80.2 Å². The summed E-state index contributed by atoms with van der Waals surface area (Å²) in [7, 11) is 3.13. The van der Waals surface area contributed by atoms with E-state index < -0.39 is 12.2 Å². The number of aliphatic hydroxyl groups excluding tert-OH is 2. The van der Waals surface area contributed by atoms with Gasteiger partial charge in [0.2, 0.25) is 0 Å². The molecular weight excluding hydrogens is 262 g/mol. The Kier molecular flexibility index (Phi) is 7.98. The van der Waals surface area contributed by atoms with Crippen molar-refractivity contribution in [3.8, 4) is 11.5 Å².